The number of hydrogen-bond donors (Lipinski definition) is 1. The molecule has 0 radical (unpaired) electrons. The summed E-state index contributed by atoms with van der Waals surface area (Å²) in [6.45, 7) is 5.17. The van der Waals surface area contributed by atoms with Crippen LogP contribution in [0.2, 0.25) is 0 Å². The number of likely N-dealkylation sites (N-methyl/N-ethyl adjacent to an activating group) is 1. The molecule has 1 aliphatic carbocycles. The molecular weight excluding hydrogens is 268 g/mol. The fourth-order valence-corrected chi connectivity index (χ4v) is 2.54. The highest BCUT2D eigenvalue weighted by Gasteiger charge is 2.25. The van der Waals surface area contributed by atoms with Crippen LogP contribution in [0.5, 0.6) is 0 Å². The van der Waals surface area contributed by atoms with Gasteiger partial charge < -0.3 is 14.7 Å². The van der Waals surface area contributed by atoms with Gasteiger partial charge in [-0.05, 0) is 39.8 Å². The van der Waals surface area contributed by atoms with E-state index in [0.29, 0.717) is 34.9 Å². The lowest BCUT2D eigenvalue weighted by Crippen LogP contribution is -2.34. The number of rotatable bonds is 5. The second-order valence-electron chi connectivity index (χ2n) is 5.73. The first-order chi connectivity index (χ1) is 10.1. The van der Waals surface area contributed by atoms with E-state index >= 15 is 0 Å². The Bertz CT molecular complexity index is 676. The molecule has 0 bridgehead atoms. The van der Waals surface area contributed by atoms with Crippen LogP contribution < -0.4 is 5.32 Å². The van der Waals surface area contributed by atoms with Gasteiger partial charge in [0.05, 0.1) is 16.6 Å². The first-order valence-corrected chi connectivity index (χ1v) is 7.28. The molecule has 1 fully saturated rings. The maximum Gasteiger partial charge on any atom is 0.258 e. The van der Waals surface area contributed by atoms with Gasteiger partial charge in [-0.25, -0.2) is 4.98 Å². The van der Waals surface area contributed by atoms with Gasteiger partial charge in [0.2, 0.25) is 0 Å². The summed E-state index contributed by atoms with van der Waals surface area (Å²) in [4.78, 5) is 19.0. The van der Waals surface area contributed by atoms with Gasteiger partial charge in [0, 0.05) is 24.8 Å². The Labute approximate surface area is 123 Å². The molecule has 0 aromatic carbocycles. The maximum absolute atomic E-state index is 12.4. The fraction of sp³-hybridized carbons (Fsp3) is 0.533. The Hall–Kier alpha value is -1.95. The number of nitrogens with one attached hydrogen (secondary N) is 1. The highest BCUT2D eigenvalue weighted by Crippen LogP contribution is 2.25. The zero-order chi connectivity index (χ0) is 15.0. The third kappa shape index (κ3) is 2.90. The summed E-state index contributed by atoms with van der Waals surface area (Å²) in [6.07, 6.45) is 2.54. The van der Waals surface area contributed by atoms with Crippen LogP contribution in [-0.2, 0) is 0 Å². The van der Waals surface area contributed by atoms with Crippen molar-refractivity contribution in [1.82, 2.24) is 20.4 Å². The molecule has 2 aromatic heterocycles. The third-order valence-corrected chi connectivity index (χ3v) is 3.91. The van der Waals surface area contributed by atoms with Crippen molar-refractivity contribution in [2.45, 2.75) is 32.7 Å². The molecule has 112 valence electrons. The average Bonchev–Trinajstić information content (AvgIpc) is 3.23. The van der Waals surface area contributed by atoms with Crippen LogP contribution in [0.25, 0.3) is 11.1 Å². The molecule has 3 rings (SSSR count). The van der Waals surface area contributed by atoms with Gasteiger partial charge >= 0.3 is 0 Å². The predicted octanol–water partition coefficient (Wildman–Crippen LogP) is 1.66. The second kappa shape index (κ2) is 5.44. The lowest BCUT2D eigenvalue weighted by Gasteiger charge is -2.15. The first kappa shape index (κ1) is 14.0. The summed E-state index contributed by atoms with van der Waals surface area (Å²) >= 11 is 0. The summed E-state index contributed by atoms with van der Waals surface area (Å²) in [5.74, 6) is -0.0963. The van der Waals surface area contributed by atoms with Crippen LogP contribution in [0, 0.1) is 13.8 Å². The number of aryl methyl sites for hydroxylation is 2. The van der Waals surface area contributed by atoms with Gasteiger partial charge in [-0.2, -0.15) is 0 Å². The molecular formula is C15H20N4O2. The molecule has 2 heterocycles. The van der Waals surface area contributed by atoms with E-state index in [1.54, 1.807) is 6.07 Å². The summed E-state index contributed by atoms with van der Waals surface area (Å²) < 4.78 is 5.15. The van der Waals surface area contributed by atoms with Gasteiger partial charge in [-0.3, -0.25) is 4.79 Å². The minimum Gasteiger partial charge on any atom is -0.351 e. The van der Waals surface area contributed by atoms with Gasteiger partial charge in [0.25, 0.3) is 11.6 Å². The summed E-state index contributed by atoms with van der Waals surface area (Å²) in [7, 11) is 2.10. The third-order valence-electron chi connectivity index (χ3n) is 3.91. The van der Waals surface area contributed by atoms with E-state index in [1.807, 2.05) is 13.8 Å². The molecule has 6 nitrogen and oxygen atoms in total. The highest BCUT2D eigenvalue weighted by molar-refractivity contribution is 6.06. The van der Waals surface area contributed by atoms with Crippen LogP contribution in [0.15, 0.2) is 10.6 Å². The Morgan fingerprint density at radius 1 is 1.48 bits per heavy atom. The molecule has 6 heteroatoms. The lowest BCUT2D eigenvalue weighted by molar-refractivity contribution is 0.0951. The molecule has 21 heavy (non-hydrogen) atoms. The van der Waals surface area contributed by atoms with Crippen molar-refractivity contribution in [3.63, 3.8) is 0 Å². The van der Waals surface area contributed by atoms with E-state index in [4.69, 9.17) is 4.52 Å². The Morgan fingerprint density at radius 2 is 2.24 bits per heavy atom. The largest absolute Gasteiger partial charge is 0.351 e. The van der Waals surface area contributed by atoms with Crippen molar-refractivity contribution in [2.75, 3.05) is 20.1 Å². The lowest BCUT2D eigenvalue weighted by atomic mass is 10.1. The van der Waals surface area contributed by atoms with Gasteiger partial charge in [0.1, 0.15) is 0 Å². The zero-order valence-electron chi connectivity index (χ0n) is 12.6. The van der Waals surface area contributed by atoms with E-state index in [1.165, 1.54) is 12.8 Å². The predicted molar refractivity (Wildman–Crippen MR) is 79.3 cm³/mol. The highest BCUT2D eigenvalue weighted by atomic mass is 16.5. The van der Waals surface area contributed by atoms with Crippen molar-refractivity contribution in [2.24, 2.45) is 0 Å². The van der Waals surface area contributed by atoms with E-state index < -0.39 is 0 Å². The van der Waals surface area contributed by atoms with E-state index in [0.717, 1.165) is 12.2 Å². The van der Waals surface area contributed by atoms with Crippen molar-refractivity contribution in [3.05, 3.63) is 23.0 Å². The van der Waals surface area contributed by atoms with E-state index in [2.05, 4.69) is 27.4 Å². The van der Waals surface area contributed by atoms with Crippen molar-refractivity contribution < 1.29 is 9.32 Å². The average molecular weight is 288 g/mol. The number of amides is 1. The van der Waals surface area contributed by atoms with Crippen molar-refractivity contribution in [1.29, 1.82) is 0 Å². The molecule has 0 aliphatic heterocycles. The van der Waals surface area contributed by atoms with Crippen molar-refractivity contribution >= 4 is 17.0 Å². The van der Waals surface area contributed by atoms with Crippen LogP contribution in [0.3, 0.4) is 0 Å². The molecule has 1 saturated carbocycles. The normalized spacial score (nSPS) is 14.9. The molecule has 2 aromatic rings. The Kier molecular flexibility index (Phi) is 3.63. The van der Waals surface area contributed by atoms with Gasteiger partial charge in [0.15, 0.2) is 0 Å². The zero-order valence-corrected chi connectivity index (χ0v) is 12.6. The monoisotopic (exact) mass is 288 g/mol. The minimum absolute atomic E-state index is 0.0963. The molecule has 1 aliphatic rings. The van der Waals surface area contributed by atoms with Gasteiger partial charge in [-0.15, -0.1) is 0 Å². The quantitative estimate of drug-likeness (QED) is 0.906. The van der Waals surface area contributed by atoms with Crippen LogP contribution in [0.1, 0.15) is 34.6 Å². The Balaban J connectivity index is 1.73. The van der Waals surface area contributed by atoms with Crippen LogP contribution in [0.4, 0.5) is 0 Å². The molecule has 0 spiro atoms. The molecule has 0 unspecified atom stereocenters. The first-order valence-electron chi connectivity index (χ1n) is 7.28. The minimum atomic E-state index is -0.0963. The fourth-order valence-electron chi connectivity index (χ4n) is 2.54. The number of fused-ring (bicyclic) bond motifs is 1. The van der Waals surface area contributed by atoms with E-state index in [-0.39, 0.29) is 5.91 Å². The summed E-state index contributed by atoms with van der Waals surface area (Å²) in [6, 6.07) is 2.49. The molecule has 1 N–H and O–H groups in total. The maximum atomic E-state index is 12.4. The summed E-state index contributed by atoms with van der Waals surface area (Å²) in [5, 5.41) is 7.57. The summed E-state index contributed by atoms with van der Waals surface area (Å²) in [5.41, 5.74) is 2.45. The van der Waals surface area contributed by atoms with E-state index in [9.17, 15) is 4.79 Å². The SMILES string of the molecule is Cc1cc(C(=O)NCCN(C)C2CC2)c2c(C)noc2n1. The standard InChI is InChI=1S/C15H20N4O2/c1-9-8-12(13-10(2)18-21-15(13)17-9)14(20)16-6-7-19(3)11-4-5-11/h8,11H,4-7H2,1-3H3,(H,16,20). The molecule has 1 amide bonds. The number of aromatic nitrogens is 2. The van der Waals surface area contributed by atoms with Crippen LogP contribution in [-0.4, -0.2) is 47.1 Å². The number of nitrogens with zero attached hydrogens (tertiary/aromatic N) is 3. The number of carbonyl (C=O) groups excluding carboxylic acids is 1. The number of pyridine rings is 1. The number of hydrogen-bond acceptors (Lipinski definition) is 5. The molecule has 0 saturated heterocycles. The Morgan fingerprint density at radius 3 is 2.95 bits per heavy atom. The van der Waals surface area contributed by atoms with Gasteiger partial charge in [-0.1, -0.05) is 5.16 Å². The number of carbonyl (C=O) groups is 1. The second-order valence-corrected chi connectivity index (χ2v) is 5.73. The molecule has 0 atom stereocenters. The smallest absolute Gasteiger partial charge is 0.258 e. The van der Waals surface area contributed by atoms with Crippen LogP contribution >= 0.6 is 0 Å². The topological polar surface area (TPSA) is 71.3 Å². The van der Waals surface area contributed by atoms with Crippen molar-refractivity contribution in [3.8, 4) is 0 Å².